The van der Waals surface area contributed by atoms with Crippen LogP contribution in [-0.4, -0.2) is 45.7 Å². The Morgan fingerprint density at radius 2 is 2.18 bits per heavy atom. The molecule has 3 aromatic rings. The number of carbonyl (C=O) groups excluding carboxylic acids is 1. The Morgan fingerprint density at radius 1 is 1.36 bits per heavy atom. The fourth-order valence-electron chi connectivity index (χ4n) is 3.21. The molecule has 1 amide bonds. The van der Waals surface area contributed by atoms with Crippen LogP contribution in [0.5, 0.6) is 0 Å². The van der Waals surface area contributed by atoms with E-state index in [0.717, 1.165) is 53.3 Å². The quantitative estimate of drug-likeness (QED) is 0.594. The maximum absolute atomic E-state index is 12.5. The predicted octanol–water partition coefficient (Wildman–Crippen LogP) is 3.91. The van der Waals surface area contributed by atoms with Crippen LogP contribution in [0.1, 0.15) is 19.8 Å². The standard InChI is InChI=1S/C19H24N6OS2/c1-3-25-12-15(11-20-25)28-23-14-4-5-16-17(10-14)27-19(21-16)22-18(26)13-6-8-24(2)9-7-13/h4-5,10-13,23H,3,6-9H2,1-2H3,(H,21,22,26). The SMILES string of the molecule is CCn1cc(SNc2ccc3nc(NC(=O)C4CCN(C)CC4)sc3c2)cn1. The van der Waals surface area contributed by atoms with Crippen LogP contribution in [0.4, 0.5) is 10.8 Å². The third-order valence-corrected chi connectivity index (χ3v) is 6.65. The number of rotatable bonds is 6. The molecule has 0 radical (unpaired) electrons. The van der Waals surface area contributed by atoms with Crippen molar-refractivity contribution in [2.45, 2.75) is 31.2 Å². The van der Waals surface area contributed by atoms with Gasteiger partial charge in [-0.3, -0.25) is 9.48 Å². The molecule has 0 spiro atoms. The van der Waals surface area contributed by atoms with Gasteiger partial charge in [0, 0.05) is 24.3 Å². The third-order valence-electron chi connectivity index (χ3n) is 4.93. The minimum atomic E-state index is 0.0841. The molecule has 0 saturated carbocycles. The van der Waals surface area contributed by atoms with Gasteiger partial charge in [-0.1, -0.05) is 11.3 Å². The van der Waals surface area contributed by atoms with Gasteiger partial charge >= 0.3 is 0 Å². The van der Waals surface area contributed by atoms with Crippen molar-refractivity contribution in [1.29, 1.82) is 0 Å². The van der Waals surface area contributed by atoms with Gasteiger partial charge in [0.25, 0.3) is 0 Å². The van der Waals surface area contributed by atoms with Crippen LogP contribution in [-0.2, 0) is 11.3 Å². The number of fused-ring (bicyclic) bond motifs is 1. The number of anilines is 2. The maximum Gasteiger partial charge on any atom is 0.229 e. The van der Waals surface area contributed by atoms with E-state index in [-0.39, 0.29) is 11.8 Å². The molecular weight excluding hydrogens is 392 g/mol. The lowest BCUT2D eigenvalue weighted by molar-refractivity contribution is -0.121. The van der Waals surface area contributed by atoms with Crippen molar-refractivity contribution in [3.63, 3.8) is 0 Å². The maximum atomic E-state index is 12.5. The normalized spacial score (nSPS) is 15.8. The van der Waals surface area contributed by atoms with Crippen LogP contribution in [0.2, 0.25) is 0 Å². The molecule has 1 saturated heterocycles. The van der Waals surface area contributed by atoms with Crippen molar-refractivity contribution in [3.8, 4) is 0 Å². The zero-order chi connectivity index (χ0) is 19.5. The minimum Gasteiger partial charge on any atom is -0.326 e. The zero-order valence-electron chi connectivity index (χ0n) is 16.0. The number of hydrogen-bond donors (Lipinski definition) is 2. The van der Waals surface area contributed by atoms with E-state index in [2.05, 4.69) is 45.1 Å². The van der Waals surface area contributed by atoms with E-state index in [1.807, 2.05) is 29.2 Å². The van der Waals surface area contributed by atoms with Crippen LogP contribution in [0.25, 0.3) is 10.2 Å². The summed E-state index contributed by atoms with van der Waals surface area (Å²) in [6, 6.07) is 6.05. The summed E-state index contributed by atoms with van der Waals surface area (Å²) in [4.78, 5) is 20.4. The smallest absolute Gasteiger partial charge is 0.229 e. The highest BCUT2D eigenvalue weighted by atomic mass is 32.2. The lowest BCUT2D eigenvalue weighted by Crippen LogP contribution is -2.35. The van der Waals surface area contributed by atoms with E-state index < -0.39 is 0 Å². The van der Waals surface area contributed by atoms with Gasteiger partial charge in [0.2, 0.25) is 5.91 Å². The Balaban J connectivity index is 1.39. The van der Waals surface area contributed by atoms with Crippen molar-refractivity contribution >= 4 is 50.2 Å². The fraction of sp³-hybridized carbons (Fsp3) is 0.421. The Labute approximate surface area is 172 Å². The van der Waals surface area contributed by atoms with E-state index in [9.17, 15) is 4.79 Å². The average molecular weight is 417 g/mol. The largest absolute Gasteiger partial charge is 0.326 e. The number of nitrogens with zero attached hydrogens (tertiary/aromatic N) is 4. The van der Waals surface area contributed by atoms with E-state index in [0.29, 0.717) is 5.13 Å². The van der Waals surface area contributed by atoms with Gasteiger partial charge in [0.1, 0.15) is 0 Å². The van der Waals surface area contributed by atoms with Gasteiger partial charge in [-0.2, -0.15) is 5.10 Å². The molecule has 148 valence electrons. The molecule has 9 heteroatoms. The fourth-order valence-corrected chi connectivity index (χ4v) is 4.75. The Bertz CT molecular complexity index is 960. The number of aromatic nitrogens is 3. The van der Waals surface area contributed by atoms with Crippen molar-refractivity contribution in [3.05, 3.63) is 30.6 Å². The second-order valence-corrected chi connectivity index (χ2v) is 8.91. The molecule has 0 aliphatic carbocycles. The molecule has 4 rings (SSSR count). The highest BCUT2D eigenvalue weighted by Gasteiger charge is 2.24. The molecule has 1 aliphatic rings. The van der Waals surface area contributed by atoms with Gasteiger partial charge in [-0.15, -0.1) is 0 Å². The summed E-state index contributed by atoms with van der Waals surface area (Å²) in [5, 5.41) is 7.97. The number of likely N-dealkylation sites (tertiary alicyclic amines) is 1. The van der Waals surface area contributed by atoms with Crippen LogP contribution >= 0.6 is 23.3 Å². The van der Waals surface area contributed by atoms with Crippen molar-refractivity contribution < 1.29 is 4.79 Å². The van der Waals surface area contributed by atoms with Gasteiger partial charge in [-0.25, -0.2) is 4.98 Å². The number of nitrogens with one attached hydrogen (secondary N) is 2. The number of piperidine rings is 1. The molecule has 3 heterocycles. The molecular formula is C19H24N6OS2. The number of carbonyl (C=O) groups is 1. The Morgan fingerprint density at radius 3 is 2.93 bits per heavy atom. The van der Waals surface area contributed by atoms with Crippen molar-refractivity contribution in [2.24, 2.45) is 5.92 Å². The summed E-state index contributed by atoms with van der Waals surface area (Å²) >= 11 is 3.05. The van der Waals surface area contributed by atoms with Gasteiger partial charge in [-0.05, 0) is 70.0 Å². The van der Waals surface area contributed by atoms with Crippen molar-refractivity contribution in [1.82, 2.24) is 19.7 Å². The summed E-state index contributed by atoms with van der Waals surface area (Å²) < 4.78 is 6.29. The summed E-state index contributed by atoms with van der Waals surface area (Å²) in [6.45, 7) is 4.87. The van der Waals surface area contributed by atoms with E-state index in [1.165, 1.54) is 23.3 Å². The number of amides is 1. The second kappa shape index (κ2) is 8.50. The topological polar surface area (TPSA) is 75.1 Å². The van der Waals surface area contributed by atoms with Crippen LogP contribution in [0.3, 0.4) is 0 Å². The monoisotopic (exact) mass is 416 g/mol. The molecule has 0 atom stereocenters. The van der Waals surface area contributed by atoms with E-state index >= 15 is 0 Å². The molecule has 0 unspecified atom stereocenters. The third kappa shape index (κ3) is 4.48. The average Bonchev–Trinajstić information content (AvgIpc) is 3.32. The highest BCUT2D eigenvalue weighted by Crippen LogP contribution is 2.31. The van der Waals surface area contributed by atoms with Gasteiger partial charge < -0.3 is 14.9 Å². The Hall–Kier alpha value is -2.10. The molecule has 1 fully saturated rings. The summed E-state index contributed by atoms with van der Waals surface area (Å²) in [6.07, 6.45) is 5.68. The van der Waals surface area contributed by atoms with E-state index in [4.69, 9.17) is 0 Å². The minimum absolute atomic E-state index is 0.0841. The molecule has 1 aliphatic heterocycles. The number of aryl methyl sites for hydroxylation is 1. The first-order chi connectivity index (χ1) is 13.6. The number of thiazole rings is 1. The molecule has 2 aromatic heterocycles. The molecule has 28 heavy (non-hydrogen) atoms. The molecule has 0 bridgehead atoms. The van der Waals surface area contributed by atoms with Gasteiger partial charge in [0.05, 0.1) is 21.3 Å². The summed E-state index contributed by atoms with van der Waals surface area (Å²) in [7, 11) is 2.10. The molecule has 1 aromatic carbocycles. The Kier molecular flexibility index (Phi) is 5.84. The van der Waals surface area contributed by atoms with E-state index in [1.54, 1.807) is 0 Å². The zero-order valence-corrected chi connectivity index (χ0v) is 17.6. The van der Waals surface area contributed by atoms with Crippen molar-refractivity contribution in [2.75, 3.05) is 30.2 Å². The van der Waals surface area contributed by atoms with Crippen LogP contribution in [0.15, 0.2) is 35.5 Å². The molecule has 2 N–H and O–H groups in total. The first-order valence-electron chi connectivity index (χ1n) is 9.46. The second-order valence-electron chi connectivity index (χ2n) is 7.00. The van der Waals surface area contributed by atoms with Crippen LogP contribution < -0.4 is 10.0 Å². The highest BCUT2D eigenvalue weighted by molar-refractivity contribution is 8.00. The molecule has 7 nitrogen and oxygen atoms in total. The van der Waals surface area contributed by atoms with Crippen LogP contribution in [0, 0.1) is 5.92 Å². The first-order valence-corrected chi connectivity index (χ1v) is 11.1. The summed E-state index contributed by atoms with van der Waals surface area (Å²) in [5.41, 5.74) is 1.90. The summed E-state index contributed by atoms with van der Waals surface area (Å²) in [5.74, 6) is 0.176. The first kappa shape index (κ1) is 19.2. The lowest BCUT2D eigenvalue weighted by atomic mass is 9.96. The van der Waals surface area contributed by atoms with Gasteiger partial charge in [0.15, 0.2) is 5.13 Å². The number of hydrogen-bond acceptors (Lipinski definition) is 7. The predicted molar refractivity (Wildman–Crippen MR) is 116 cm³/mol. The lowest BCUT2D eigenvalue weighted by Gasteiger charge is -2.27. The number of benzene rings is 1.